The molecule has 0 radical (unpaired) electrons. The van der Waals surface area contributed by atoms with E-state index in [0.29, 0.717) is 12.3 Å². The van der Waals surface area contributed by atoms with E-state index in [9.17, 15) is 8.78 Å². The number of epoxide rings is 1. The molecule has 5 heteroatoms. The first-order chi connectivity index (χ1) is 9.13. The zero-order chi connectivity index (χ0) is 13.5. The van der Waals surface area contributed by atoms with Gasteiger partial charge >= 0.3 is 0 Å². The van der Waals surface area contributed by atoms with Gasteiger partial charge in [-0.05, 0) is 19.8 Å². The van der Waals surface area contributed by atoms with Gasteiger partial charge in [0.05, 0.1) is 24.5 Å². The maximum absolute atomic E-state index is 13.9. The topological polar surface area (TPSA) is 25.0 Å². The molecule has 3 rings (SSSR count). The molecule has 1 aromatic rings. The van der Waals surface area contributed by atoms with Crippen molar-refractivity contribution in [2.45, 2.75) is 25.4 Å². The average Bonchev–Trinajstić information content (AvgIpc) is 3.14. The standard InChI is InChI=1S/C14H17F2NO2/c1-2-18-13-8-12(10(15)7-11(13)16)17-5-3-14(4-6-17)9-19-14/h7-8H,2-6,9H2,1H3. The first kappa shape index (κ1) is 12.7. The van der Waals surface area contributed by atoms with Gasteiger partial charge in [0.15, 0.2) is 11.6 Å². The van der Waals surface area contributed by atoms with Crippen molar-refractivity contribution in [1.29, 1.82) is 0 Å². The SMILES string of the molecule is CCOc1cc(N2CCC3(CC2)CO3)c(F)cc1F. The Labute approximate surface area is 111 Å². The Kier molecular flexibility index (Phi) is 3.09. The molecule has 2 heterocycles. The lowest BCUT2D eigenvalue weighted by Gasteiger charge is -2.32. The van der Waals surface area contributed by atoms with Crippen LogP contribution < -0.4 is 9.64 Å². The van der Waals surface area contributed by atoms with Gasteiger partial charge in [0, 0.05) is 25.2 Å². The first-order valence-corrected chi connectivity index (χ1v) is 6.64. The van der Waals surface area contributed by atoms with Crippen LogP contribution in [0.4, 0.5) is 14.5 Å². The molecule has 0 N–H and O–H groups in total. The van der Waals surface area contributed by atoms with E-state index in [1.54, 1.807) is 6.92 Å². The van der Waals surface area contributed by atoms with Crippen molar-refractivity contribution in [1.82, 2.24) is 0 Å². The minimum absolute atomic E-state index is 0.0513. The van der Waals surface area contributed by atoms with Crippen molar-refractivity contribution in [2.24, 2.45) is 0 Å². The van der Waals surface area contributed by atoms with Crippen molar-refractivity contribution in [2.75, 3.05) is 31.2 Å². The number of anilines is 1. The third-order valence-electron chi connectivity index (χ3n) is 3.87. The Hall–Kier alpha value is -1.36. The Morgan fingerprint density at radius 2 is 1.95 bits per heavy atom. The molecule has 0 bridgehead atoms. The Morgan fingerprint density at radius 1 is 1.26 bits per heavy atom. The molecule has 0 aromatic heterocycles. The largest absolute Gasteiger partial charge is 0.491 e. The molecular weight excluding hydrogens is 252 g/mol. The highest BCUT2D eigenvalue weighted by atomic mass is 19.1. The molecule has 0 amide bonds. The van der Waals surface area contributed by atoms with Gasteiger partial charge in [-0.1, -0.05) is 0 Å². The quantitative estimate of drug-likeness (QED) is 0.789. The third-order valence-corrected chi connectivity index (χ3v) is 3.87. The second-order valence-corrected chi connectivity index (χ2v) is 5.13. The highest BCUT2D eigenvalue weighted by molar-refractivity contribution is 5.53. The van der Waals surface area contributed by atoms with Crippen molar-refractivity contribution < 1.29 is 18.3 Å². The lowest BCUT2D eigenvalue weighted by Crippen LogP contribution is -2.38. The summed E-state index contributed by atoms with van der Waals surface area (Å²) >= 11 is 0. The first-order valence-electron chi connectivity index (χ1n) is 6.64. The number of ether oxygens (including phenoxy) is 2. The zero-order valence-electron chi connectivity index (χ0n) is 10.9. The van der Waals surface area contributed by atoms with Gasteiger partial charge in [-0.15, -0.1) is 0 Å². The molecule has 1 spiro atoms. The zero-order valence-corrected chi connectivity index (χ0v) is 10.9. The summed E-state index contributed by atoms with van der Waals surface area (Å²) in [6.07, 6.45) is 1.79. The van der Waals surface area contributed by atoms with Crippen LogP contribution in [0, 0.1) is 11.6 Å². The van der Waals surface area contributed by atoms with E-state index in [4.69, 9.17) is 9.47 Å². The smallest absolute Gasteiger partial charge is 0.168 e. The van der Waals surface area contributed by atoms with Gasteiger partial charge < -0.3 is 14.4 Å². The number of hydrogen-bond donors (Lipinski definition) is 0. The van der Waals surface area contributed by atoms with Gasteiger partial charge in [0.1, 0.15) is 5.82 Å². The molecule has 0 unspecified atom stereocenters. The molecule has 0 saturated carbocycles. The molecular formula is C14H17F2NO2. The fourth-order valence-electron chi connectivity index (χ4n) is 2.57. The molecule has 2 aliphatic heterocycles. The molecule has 2 saturated heterocycles. The predicted molar refractivity (Wildman–Crippen MR) is 67.7 cm³/mol. The van der Waals surface area contributed by atoms with Crippen LogP contribution >= 0.6 is 0 Å². The minimum Gasteiger partial charge on any atom is -0.491 e. The molecule has 2 fully saturated rings. The van der Waals surface area contributed by atoms with Crippen LogP contribution in [0.15, 0.2) is 12.1 Å². The highest BCUT2D eigenvalue weighted by Crippen LogP contribution is 2.40. The van der Waals surface area contributed by atoms with E-state index in [1.807, 2.05) is 4.90 Å². The van der Waals surface area contributed by atoms with Crippen LogP contribution in [0.5, 0.6) is 5.75 Å². The fraction of sp³-hybridized carbons (Fsp3) is 0.571. The van der Waals surface area contributed by atoms with Gasteiger partial charge in [0.2, 0.25) is 0 Å². The average molecular weight is 269 g/mol. The third kappa shape index (κ3) is 2.39. The number of nitrogens with zero attached hydrogens (tertiary/aromatic N) is 1. The summed E-state index contributed by atoms with van der Waals surface area (Å²) < 4.78 is 38.0. The predicted octanol–water partition coefficient (Wildman–Crippen LogP) is 2.73. The van der Waals surface area contributed by atoms with Gasteiger partial charge in [-0.25, -0.2) is 8.78 Å². The number of hydrogen-bond acceptors (Lipinski definition) is 3. The van der Waals surface area contributed by atoms with Crippen molar-refractivity contribution in [3.8, 4) is 5.75 Å². The number of halogens is 2. The molecule has 104 valence electrons. The molecule has 0 atom stereocenters. The van der Waals surface area contributed by atoms with Crippen LogP contribution in [-0.2, 0) is 4.74 Å². The fourth-order valence-corrected chi connectivity index (χ4v) is 2.57. The van der Waals surface area contributed by atoms with E-state index in [2.05, 4.69) is 0 Å². The number of piperidine rings is 1. The van der Waals surface area contributed by atoms with Crippen molar-refractivity contribution >= 4 is 5.69 Å². The molecule has 1 aromatic carbocycles. The summed E-state index contributed by atoms with van der Waals surface area (Å²) in [5, 5.41) is 0. The minimum atomic E-state index is -0.651. The summed E-state index contributed by atoms with van der Waals surface area (Å²) in [5.74, 6) is -1.07. The summed E-state index contributed by atoms with van der Waals surface area (Å²) in [6.45, 7) is 4.41. The van der Waals surface area contributed by atoms with Crippen molar-refractivity contribution in [3.63, 3.8) is 0 Å². The van der Waals surface area contributed by atoms with E-state index in [-0.39, 0.29) is 11.4 Å². The summed E-state index contributed by atoms with van der Waals surface area (Å²) in [6, 6.07) is 2.36. The molecule has 19 heavy (non-hydrogen) atoms. The van der Waals surface area contributed by atoms with E-state index < -0.39 is 11.6 Å². The van der Waals surface area contributed by atoms with E-state index in [0.717, 1.165) is 38.6 Å². The second-order valence-electron chi connectivity index (χ2n) is 5.13. The van der Waals surface area contributed by atoms with Crippen LogP contribution in [-0.4, -0.2) is 31.9 Å². The van der Waals surface area contributed by atoms with Gasteiger partial charge in [-0.2, -0.15) is 0 Å². The number of rotatable bonds is 3. The molecule has 0 aliphatic carbocycles. The van der Waals surface area contributed by atoms with E-state index in [1.165, 1.54) is 6.07 Å². The lowest BCUT2D eigenvalue weighted by atomic mass is 9.97. The monoisotopic (exact) mass is 269 g/mol. The summed E-state index contributed by atoms with van der Waals surface area (Å²) in [4.78, 5) is 1.93. The van der Waals surface area contributed by atoms with Crippen LogP contribution in [0.1, 0.15) is 19.8 Å². The Morgan fingerprint density at radius 3 is 2.53 bits per heavy atom. The molecule has 3 nitrogen and oxygen atoms in total. The Balaban J connectivity index is 1.81. The van der Waals surface area contributed by atoms with Crippen LogP contribution in [0.2, 0.25) is 0 Å². The van der Waals surface area contributed by atoms with Gasteiger partial charge in [0.25, 0.3) is 0 Å². The lowest BCUT2D eigenvalue weighted by molar-refractivity contribution is 0.258. The highest BCUT2D eigenvalue weighted by Gasteiger charge is 2.46. The maximum Gasteiger partial charge on any atom is 0.168 e. The second kappa shape index (κ2) is 4.63. The Bertz CT molecular complexity index is 479. The normalized spacial score (nSPS) is 20.7. The van der Waals surface area contributed by atoms with Crippen molar-refractivity contribution in [3.05, 3.63) is 23.8 Å². The van der Waals surface area contributed by atoms with Crippen LogP contribution in [0.25, 0.3) is 0 Å². The summed E-state index contributed by atoms with van der Waals surface area (Å²) in [7, 11) is 0. The number of benzene rings is 1. The maximum atomic E-state index is 13.9. The molecule has 2 aliphatic rings. The summed E-state index contributed by atoms with van der Waals surface area (Å²) in [5.41, 5.74) is 0.468. The van der Waals surface area contributed by atoms with Crippen LogP contribution in [0.3, 0.4) is 0 Å². The van der Waals surface area contributed by atoms with Gasteiger partial charge in [-0.3, -0.25) is 0 Å². The van der Waals surface area contributed by atoms with E-state index >= 15 is 0 Å².